The molecule has 0 aromatic heterocycles. The van der Waals surface area contributed by atoms with Gasteiger partial charge in [-0.1, -0.05) is 35.9 Å². The molecule has 0 spiro atoms. The van der Waals surface area contributed by atoms with Crippen molar-refractivity contribution in [1.82, 2.24) is 0 Å². The van der Waals surface area contributed by atoms with Crippen molar-refractivity contribution in [2.75, 3.05) is 7.11 Å². The van der Waals surface area contributed by atoms with Gasteiger partial charge in [-0.2, -0.15) is 0 Å². The summed E-state index contributed by atoms with van der Waals surface area (Å²) in [6.45, 7) is -0.0896. The van der Waals surface area contributed by atoms with Gasteiger partial charge >= 0.3 is 59.1 Å². The number of hydrogen-bond acceptors (Lipinski definition) is 5. The fourth-order valence-corrected chi connectivity index (χ4v) is 2.96. The van der Waals surface area contributed by atoms with Crippen LogP contribution in [0.1, 0.15) is 15.9 Å². The monoisotopic (exact) mass is 365 g/mol. The molecule has 24 heavy (non-hydrogen) atoms. The van der Waals surface area contributed by atoms with E-state index in [4.69, 9.17) is 4.74 Å². The van der Waals surface area contributed by atoms with Gasteiger partial charge in [-0.3, -0.25) is 0 Å². The van der Waals surface area contributed by atoms with E-state index in [0.29, 0.717) is 11.3 Å². The zero-order chi connectivity index (χ0) is 16.2. The van der Waals surface area contributed by atoms with Crippen LogP contribution in [0.3, 0.4) is 0 Å². The van der Waals surface area contributed by atoms with Crippen LogP contribution in [0, 0.1) is 0 Å². The number of methoxy groups -OCH3 is 1. The fraction of sp³-hybridized carbons (Fsp3) is 0.133. The van der Waals surface area contributed by atoms with Gasteiger partial charge in [-0.05, 0) is 18.2 Å². The molecule has 0 radical (unpaired) electrons. The minimum atomic E-state index is -4.08. The first kappa shape index (κ1) is 23.6. The molecule has 2 aromatic rings. The molecule has 6 nitrogen and oxygen atoms in total. The number of hydrogen-bond donors (Lipinski definition) is 0. The van der Waals surface area contributed by atoms with Crippen molar-refractivity contribution < 1.29 is 82.2 Å². The first-order valence-electron chi connectivity index (χ1n) is 6.31. The van der Waals surface area contributed by atoms with Crippen molar-refractivity contribution in [3.05, 3.63) is 64.4 Å². The Morgan fingerprint density at radius 2 is 1.67 bits per heavy atom. The number of carbonyl (C=O) groups is 1. The standard InChI is InChI=1S/C15H14NO5S.2Na/c1-21-12-8-6-11(7-9-12)10-16-22(19,20)14-5-3-2-4-13(14)15(17)18;;/h2-9H,10H2,1H3,(H,17,18);;/q-1;2*+1/p-1. The van der Waals surface area contributed by atoms with Crippen LogP contribution in [0.2, 0.25) is 0 Å². The third-order valence-corrected chi connectivity index (χ3v) is 4.34. The van der Waals surface area contributed by atoms with Gasteiger partial charge in [0.2, 0.25) is 0 Å². The third-order valence-electron chi connectivity index (χ3n) is 2.96. The minimum Gasteiger partial charge on any atom is -0.545 e. The van der Waals surface area contributed by atoms with Crippen LogP contribution in [-0.2, 0) is 16.6 Å². The van der Waals surface area contributed by atoms with Crippen LogP contribution >= 0.6 is 0 Å². The van der Waals surface area contributed by atoms with Gasteiger partial charge in [0.15, 0.2) is 0 Å². The average molecular weight is 365 g/mol. The zero-order valence-electron chi connectivity index (χ0n) is 13.7. The molecule has 0 fully saturated rings. The Bertz CT molecular complexity index is 779. The van der Waals surface area contributed by atoms with Crippen molar-refractivity contribution in [1.29, 1.82) is 0 Å². The van der Waals surface area contributed by atoms with E-state index in [1.807, 2.05) is 0 Å². The molecular weight excluding hydrogens is 352 g/mol. The van der Waals surface area contributed by atoms with E-state index in [9.17, 15) is 18.3 Å². The molecule has 2 aromatic carbocycles. The van der Waals surface area contributed by atoms with Gasteiger partial charge in [-0.15, -0.1) is 6.54 Å². The van der Waals surface area contributed by atoms with Crippen LogP contribution < -0.4 is 69.0 Å². The van der Waals surface area contributed by atoms with Crippen LogP contribution in [0.4, 0.5) is 0 Å². The number of rotatable bonds is 6. The maximum atomic E-state index is 12.2. The molecule has 0 heterocycles. The molecule has 0 aliphatic carbocycles. The molecule has 0 aliphatic rings. The molecule has 116 valence electrons. The molecular formula is C15H13NNa2O5S. The number of carbonyl (C=O) groups excluding carboxylic acids is 1. The van der Waals surface area contributed by atoms with Crippen molar-refractivity contribution in [3.8, 4) is 5.75 Å². The van der Waals surface area contributed by atoms with Gasteiger partial charge in [0.05, 0.1) is 18.0 Å². The summed E-state index contributed by atoms with van der Waals surface area (Å²) in [4.78, 5) is 10.6. The maximum Gasteiger partial charge on any atom is 1.00 e. The second-order valence-corrected chi connectivity index (χ2v) is 6.04. The predicted molar refractivity (Wildman–Crippen MR) is 78.0 cm³/mol. The van der Waals surface area contributed by atoms with Gasteiger partial charge in [0.1, 0.15) is 15.8 Å². The Labute approximate surface area is 185 Å². The normalized spacial score (nSPS) is 10.2. The minimum absolute atomic E-state index is 0. The number of sulfonamides is 1. The molecule has 0 N–H and O–H groups in total. The summed E-state index contributed by atoms with van der Waals surface area (Å²) in [5.41, 5.74) is 0.260. The van der Waals surface area contributed by atoms with Gasteiger partial charge < -0.3 is 19.4 Å². The summed E-state index contributed by atoms with van der Waals surface area (Å²) >= 11 is 0. The van der Waals surface area contributed by atoms with E-state index in [1.54, 1.807) is 24.3 Å². The van der Waals surface area contributed by atoms with E-state index in [-0.39, 0.29) is 70.6 Å². The molecule has 0 atom stereocenters. The first-order valence-corrected chi connectivity index (χ1v) is 7.75. The Kier molecular flexibility index (Phi) is 10.4. The van der Waals surface area contributed by atoms with Gasteiger partial charge in [0, 0.05) is 5.56 Å². The molecule has 0 saturated heterocycles. The fourth-order valence-electron chi connectivity index (χ4n) is 1.82. The third kappa shape index (κ3) is 6.16. The number of nitrogens with zero attached hydrogens (tertiary/aromatic N) is 1. The quantitative estimate of drug-likeness (QED) is 0.480. The SMILES string of the molecule is COc1ccc(C[N-]S(=O)(=O)c2ccccc2C(=O)[O-])cc1.[Na+].[Na+]. The van der Waals surface area contributed by atoms with Crippen LogP contribution in [0.25, 0.3) is 4.72 Å². The number of ether oxygens (including phenoxy) is 1. The summed E-state index contributed by atoms with van der Waals surface area (Å²) in [5, 5.41) is 11.0. The van der Waals surface area contributed by atoms with Crippen LogP contribution in [0.15, 0.2) is 53.4 Å². The molecule has 9 heteroatoms. The molecule has 0 unspecified atom stereocenters. The van der Waals surface area contributed by atoms with Gasteiger partial charge in [0.25, 0.3) is 0 Å². The number of carboxylic acids is 1. The molecule has 0 aliphatic heterocycles. The topological polar surface area (TPSA) is 97.6 Å². The summed E-state index contributed by atoms with van der Waals surface area (Å²) in [5.74, 6) is -0.910. The second kappa shape index (κ2) is 10.6. The summed E-state index contributed by atoms with van der Waals surface area (Å²) in [6, 6.07) is 12.0. The maximum absolute atomic E-state index is 12.2. The predicted octanol–water partition coefficient (Wildman–Crippen LogP) is -4.67. The number of aromatic carboxylic acids is 1. The number of benzene rings is 2. The van der Waals surface area contributed by atoms with E-state index < -0.39 is 21.6 Å². The Balaban J connectivity index is 0.00000264. The first-order chi connectivity index (χ1) is 10.4. The Morgan fingerprint density at radius 3 is 2.21 bits per heavy atom. The second-order valence-electron chi connectivity index (χ2n) is 4.39. The van der Waals surface area contributed by atoms with Crippen LogP contribution in [-0.4, -0.2) is 21.5 Å². The summed E-state index contributed by atoms with van der Waals surface area (Å²) in [6.07, 6.45) is 0. The molecule has 0 amide bonds. The summed E-state index contributed by atoms with van der Waals surface area (Å²) in [7, 11) is -2.55. The average Bonchev–Trinajstić information content (AvgIpc) is 2.53. The summed E-state index contributed by atoms with van der Waals surface area (Å²) < 4.78 is 33.0. The van der Waals surface area contributed by atoms with E-state index in [2.05, 4.69) is 4.72 Å². The molecule has 2 rings (SSSR count). The molecule has 0 saturated carbocycles. The van der Waals surface area contributed by atoms with E-state index in [0.717, 1.165) is 0 Å². The molecule has 0 bridgehead atoms. The Morgan fingerprint density at radius 1 is 1.08 bits per heavy atom. The van der Waals surface area contributed by atoms with Crippen molar-refractivity contribution in [2.24, 2.45) is 0 Å². The van der Waals surface area contributed by atoms with Crippen molar-refractivity contribution in [3.63, 3.8) is 0 Å². The van der Waals surface area contributed by atoms with Crippen molar-refractivity contribution in [2.45, 2.75) is 11.4 Å². The largest absolute Gasteiger partial charge is 1.00 e. The van der Waals surface area contributed by atoms with Crippen LogP contribution in [0.5, 0.6) is 5.75 Å². The van der Waals surface area contributed by atoms with Crippen molar-refractivity contribution >= 4 is 16.0 Å². The number of carboxylic acid groups (broad SMARTS) is 1. The van der Waals surface area contributed by atoms with E-state index >= 15 is 0 Å². The smallest absolute Gasteiger partial charge is 0.545 e. The Hall–Kier alpha value is -0.380. The zero-order valence-corrected chi connectivity index (χ0v) is 18.5. The van der Waals surface area contributed by atoms with E-state index in [1.165, 1.54) is 31.4 Å². The van der Waals surface area contributed by atoms with Gasteiger partial charge in [-0.25, -0.2) is 8.42 Å².